The van der Waals surface area contributed by atoms with Gasteiger partial charge in [0, 0.05) is 23.3 Å². The van der Waals surface area contributed by atoms with Crippen molar-refractivity contribution >= 4 is 46.7 Å². The molecule has 0 radical (unpaired) electrons. The van der Waals surface area contributed by atoms with Crippen LogP contribution < -0.4 is 10.3 Å². The minimum absolute atomic E-state index is 0.0937. The molecule has 0 bridgehead atoms. The van der Waals surface area contributed by atoms with Crippen molar-refractivity contribution in [3.63, 3.8) is 0 Å². The monoisotopic (exact) mass is 501 g/mol. The lowest BCUT2D eigenvalue weighted by Gasteiger charge is -2.12. The molecule has 3 rings (SSSR count). The molecule has 1 N–H and O–H groups in total. The summed E-state index contributed by atoms with van der Waals surface area (Å²) in [4.78, 5) is 20.2. The summed E-state index contributed by atoms with van der Waals surface area (Å²) in [6, 6.07) is 4.27. The number of aromatic nitrogens is 3. The fourth-order valence-electron chi connectivity index (χ4n) is 3.17. The Balaban J connectivity index is 2.32. The maximum atomic E-state index is 12.8. The number of fused-ring (bicyclic) bond motifs is 1. The van der Waals surface area contributed by atoms with E-state index >= 15 is 0 Å². The van der Waals surface area contributed by atoms with Gasteiger partial charge < -0.3 is 14.3 Å². The van der Waals surface area contributed by atoms with E-state index in [2.05, 4.69) is 25.9 Å². The molecule has 156 valence electrons. The molecule has 0 unspecified atom stereocenters. The van der Waals surface area contributed by atoms with E-state index < -0.39 is 9.05 Å². The second-order valence-electron chi connectivity index (χ2n) is 6.63. The zero-order chi connectivity index (χ0) is 21.3. The van der Waals surface area contributed by atoms with Crippen LogP contribution in [0.3, 0.4) is 0 Å². The Labute approximate surface area is 181 Å². The maximum absolute atomic E-state index is 12.8. The van der Waals surface area contributed by atoms with Crippen LogP contribution in [0, 0.1) is 0 Å². The molecule has 2 aromatic heterocycles. The van der Waals surface area contributed by atoms with Gasteiger partial charge in [0.2, 0.25) is 0 Å². The molecule has 7 nitrogen and oxygen atoms in total. The Morgan fingerprint density at radius 1 is 1.28 bits per heavy atom. The third-order valence-corrected chi connectivity index (χ3v) is 6.87. The lowest BCUT2D eigenvalue weighted by molar-refractivity contribution is 0.318. The van der Waals surface area contributed by atoms with Crippen LogP contribution in [0.25, 0.3) is 22.4 Å². The fourth-order valence-corrected chi connectivity index (χ4v) is 4.51. The zero-order valence-electron chi connectivity index (χ0n) is 16.3. The molecule has 3 aromatic rings. The average molecular weight is 503 g/mol. The Morgan fingerprint density at radius 2 is 2.00 bits per heavy atom. The summed E-state index contributed by atoms with van der Waals surface area (Å²) in [7, 11) is 3.35. The number of ether oxygens (including phenoxy) is 1. The molecule has 0 aliphatic rings. The van der Waals surface area contributed by atoms with E-state index in [9.17, 15) is 13.2 Å². The largest absolute Gasteiger partial charge is 0.493 e. The van der Waals surface area contributed by atoms with Gasteiger partial charge in [0.25, 0.3) is 14.6 Å². The molecular formula is C19H21BrClN3O4S. The number of nitrogens with one attached hydrogen (secondary N) is 1. The molecule has 2 heterocycles. The first kappa shape index (κ1) is 21.9. The standard InChI is InChI=1S/C19H21BrClN3O4S/c1-4-6-12-15-16(24(3)17(12)20)19(25)23-18(22-15)13-10-11(29(21,26)27)7-8-14(13)28-9-5-2/h7-8,10H,4-6,9H2,1-3H3,(H,22,23,25). The summed E-state index contributed by atoms with van der Waals surface area (Å²) < 4.78 is 32.0. The van der Waals surface area contributed by atoms with Gasteiger partial charge in [0.15, 0.2) is 0 Å². The van der Waals surface area contributed by atoms with Crippen LogP contribution in [-0.4, -0.2) is 29.6 Å². The van der Waals surface area contributed by atoms with Crippen LogP contribution in [-0.2, 0) is 22.5 Å². The summed E-state index contributed by atoms with van der Waals surface area (Å²) in [5, 5.41) is 0. The van der Waals surface area contributed by atoms with Crippen LogP contribution in [0.4, 0.5) is 0 Å². The van der Waals surface area contributed by atoms with Gasteiger partial charge in [-0.1, -0.05) is 20.3 Å². The highest BCUT2D eigenvalue weighted by Gasteiger charge is 2.21. The number of hydrogen-bond acceptors (Lipinski definition) is 5. The number of rotatable bonds is 7. The molecule has 0 spiro atoms. The van der Waals surface area contributed by atoms with Crippen LogP contribution in [0.2, 0.25) is 0 Å². The van der Waals surface area contributed by atoms with Gasteiger partial charge in [-0.3, -0.25) is 4.79 Å². The SMILES string of the molecule is CCCOc1ccc(S(=O)(=O)Cl)cc1-c1nc2c(CCC)c(Br)n(C)c2c(=O)[nH]1. The van der Waals surface area contributed by atoms with Gasteiger partial charge in [0.05, 0.1) is 21.7 Å². The van der Waals surface area contributed by atoms with E-state index in [4.69, 9.17) is 15.4 Å². The van der Waals surface area contributed by atoms with Gasteiger partial charge in [-0.2, -0.15) is 0 Å². The summed E-state index contributed by atoms with van der Waals surface area (Å²) >= 11 is 3.54. The number of aryl methyl sites for hydroxylation is 2. The molecule has 0 saturated heterocycles. The van der Waals surface area contributed by atoms with E-state index in [1.54, 1.807) is 11.6 Å². The number of halogens is 2. The smallest absolute Gasteiger partial charge is 0.275 e. The molecule has 0 saturated carbocycles. The molecule has 1 aromatic carbocycles. The molecule has 0 aliphatic heterocycles. The zero-order valence-corrected chi connectivity index (χ0v) is 19.4. The number of H-pyrrole nitrogens is 1. The summed E-state index contributed by atoms with van der Waals surface area (Å²) in [6.45, 7) is 4.44. The Hall–Kier alpha value is -1.84. The highest BCUT2D eigenvalue weighted by Crippen LogP contribution is 2.33. The quantitative estimate of drug-likeness (QED) is 0.485. The molecule has 0 fully saturated rings. The van der Waals surface area contributed by atoms with Crippen LogP contribution >= 0.6 is 26.6 Å². The highest BCUT2D eigenvalue weighted by molar-refractivity contribution is 9.10. The summed E-state index contributed by atoms with van der Waals surface area (Å²) in [5.41, 5.74) is 1.98. The van der Waals surface area contributed by atoms with E-state index in [1.165, 1.54) is 18.2 Å². The molecule has 10 heteroatoms. The number of aromatic amines is 1. The van der Waals surface area contributed by atoms with Crippen molar-refractivity contribution in [2.45, 2.75) is 38.0 Å². The topological polar surface area (TPSA) is 94.1 Å². The van der Waals surface area contributed by atoms with E-state index in [0.29, 0.717) is 29.0 Å². The predicted octanol–water partition coefficient (Wildman–Crippen LogP) is 4.36. The minimum Gasteiger partial charge on any atom is -0.493 e. The third-order valence-electron chi connectivity index (χ3n) is 4.51. The second kappa shape index (κ2) is 8.49. The summed E-state index contributed by atoms with van der Waals surface area (Å²) in [5.74, 6) is 0.650. The Bertz CT molecular complexity index is 1230. The Morgan fingerprint density at radius 3 is 2.62 bits per heavy atom. The molecule has 29 heavy (non-hydrogen) atoms. The summed E-state index contributed by atoms with van der Waals surface area (Å²) in [6.07, 6.45) is 2.39. The van der Waals surface area contributed by atoms with Crippen molar-refractivity contribution in [1.82, 2.24) is 14.5 Å². The first-order valence-corrected chi connectivity index (χ1v) is 12.3. The lowest BCUT2D eigenvalue weighted by Crippen LogP contribution is -2.13. The second-order valence-corrected chi connectivity index (χ2v) is 9.95. The van der Waals surface area contributed by atoms with Crippen molar-refractivity contribution < 1.29 is 13.2 Å². The molecular weight excluding hydrogens is 482 g/mol. The molecule has 0 amide bonds. The Kier molecular flexibility index (Phi) is 6.40. The van der Waals surface area contributed by atoms with Crippen molar-refractivity contribution in [2.24, 2.45) is 7.05 Å². The van der Waals surface area contributed by atoms with Crippen LogP contribution in [0.15, 0.2) is 32.5 Å². The van der Waals surface area contributed by atoms with Gasteiger partial charge in [-0.25, -0.2) is 13.4 Å². The van der Waals surface area contributed by atoms with Crippen molar-refractivity contribution in [3.05, 3.63) is 38.7 Å². The van der Waals surface area contributed by atoms with Gasteiger partial charge in [-0.05, 0) is 47.0 Å². The minimum atomic E-state index is -3.96. The average Bonchev–Trinajstić information content (AvgIpc) is 2.91. The first-order chi connectivity index (χ1) is 13.7. The maximum Gasteiger partial charge on any atom is 0.275 e. The van der Waals surface area contributed by atoms with E-state index in [0.717, 1.165) is 29.4 Å². The fraction of sp³-hybridized carbons (Fsp3) is 0.368. The predicted molar refractivity (Wildman–Crippen MR) is 117 cm³/mol. The third kappa shape index (κ3) is 4.22. The van der Waals surface area contributed by atoms with Crippen LogP contribution in [0.1, 0.15) is 32.3 Å². The van der Waals surface area contributed by atoms with Gasteiger partial charge >= 0.3 is 0 Å². The van der Waals surface area contributed by atoms with Crippen LogP contribution in [0.5, 0.6) is 5.75 Å². The lowest BCUT2D eigenvalue weighted by atomic mass is 10.1. The van der Waals surface area contributed by atoms with Gasteiger partial charge in [0.1, 0.15) is 22.6 Å². The van der Waals surface area contributed by atoms with Gasteiger partial charge in [-0.15, -0.1) is 0 Å². The highest BCUT2D eigenvalue weighted by atomic mass is 79.9. The van der Waals surface area contributed by atoms with E-state index in [1.807, 2.05) is 13.8 Å². The van der Waals surface area contributed by atoms with E-state index in [-0.39, 0.29) is 16.3 Å². The van der Waals surface area contributed by atoms with Crippen molar-refractivity contribution in [2.75, 3.05) is 6.61 Å². The number of nitrogens with zero attached hydrogens (tertiary/aromatic N) is 2. The number of hydrogen-bond donors (Lipinski definition) is 1. The molecule has 0 atom stereocenters. The molecule has 0 aliphatic carbocycles. The normalized spacial score (nSPS) is 11.9. The van der Waals surface area contributed by atoms with Crippen molar-refractivity contribution in [1.29, 1.82) is 0 Å². The number of benzene rings is 1. The van der Waals surface area contributed by atoms with Crippen molar-refractivity contribution in [3.8, 4) is 17.1 Å². The first-order valence-electron chi connectivity index (χ1n) is 9.18.